The Morgan fingerprint density at radius 2 is 1.92 bits per heavy atom. The van der Waals surface area contributed by atoms with Gasteiger partial charge in [-0.05, 0) is 63.2 Å². The number of rotatable bonds is 8. The van der Waals surface area contributed by atoms with Crippen LogP contribution in [-0.4, -0.2) is 59.2 Å². The van der Waals surface area contributed by atoms with E-state index in [0.29, 0.717) is 41.5 Å². The number of hydrogen-bond donors (Lipinski definition) is 2. The molecule has 1 saturated heterocycles. The highest BCUT2D eigenvalue weighted by atomic mass is 35.5. The van der Waals surface area contributed by atoms with Gasteiger partial charge < -0.3 is 9.64 Å². The minimum Gasteiger partial charge on any atom is -0.477 e. The number of H-pyrrole nitrogens is 1. The van der Waals surface area contributed by atoms with Crippen molar-refractivity contribution < 1.29 is 17.5 Å². The Morgan fingerprint density at radius 3 is 2.62 bits per heavy atom. The summed E-state index contributed by atoms with van der Waals surface area (Å²) in [6, 6.07) is 10.3. The van der Waals surface area contributed by atoms with Crippen LogP contribution in [0.4, 0.5) is 10.1 Å². The van der Waals surface area contributed by atoms with Gasteiger partial charge in [-0.2, -0.15) is 10.1 Å². The topological polar surface area (TPSA) is 113 Å². The lowest BCUT2D eigenvalue weighted by molar-refractivity contribution is 0.0368. The third-order valence-corrected chi connectivity index (χ3v) is 7.94. The van der Waals surface area contributed by atoms with Gasteiger partial charge in [-0.25, -0.2) is 17.8 Å². The van der Waals surface area contributed by atoms with Crippen LogP contribution >= 0.6 is 11.6 Å². The third-order valence-electron chi connectivity index (χ3n) is 6.31. The summed E-state index contributed by atoms with van der Waals surface area (Å²) in [4.78, 5) is 11.1. The molecule has 0 atom stereocenters. The molecule has 2 aromatic carbocycles. The molecular formula is C25H26ClFN6O3S. The molecule has 1 aliphatic heterocycles. The number of aryl methyl sites for hydroxylation is 1. The standard InChI is InChI=1S/C25H26ClFN6O3S/c1-14(2)33-11-16(12-33)13-36-25-22-15(3)30-31-24(22)28-23(29-25)17-4-7-19(8-5-17)32-37(34,35)21-10-18(26)6-9-20(21)27/h4-10,14,16,32H,11-13H2,1-3H3,(H,28,29,30,31). The summed E-state index contributed by atoms with van der Waals surface area (Å²) in [5, 5.41) is 8.06. The summed E-state index contributed by atoms with van der Waals surface area (Å²) in [5.74, 6) is 0.382. The lowest BCUT2D eigenvalue weighted by Crippen LogP contribution is -2.52. The molecule has 1 aliphatic rings. The molecule has 4 aromatic rings. The van der Waals surface area contributed by atoms with Gasteiger partial charge in [0.25, 0.3) is 10.0 Å². The molecule has 12 heteroatoms. The number of ether oxygens (including phenoxy) is 1. The van der Waals surface area contributed by atoms with Crippen LogP contribution in [0.5, 0.6) is 5.88 Å². The molecule has 0 aliphatic carbocycles. The van der Waals surface area contributed by atoms with Gasteiger partial charge in [0.15, 0.2) is 11.5 Å². The van der Waals surface area contributed by atoms with Crippen molar-refractivity contribution in [2.75, 3.05) is 24.4 Å². The van der Waals surface area contributed by atoms with E-state index >= 15 is 0 Å². The number of benzene rings is 2. The van der Waals surface area contributed by atoms with Gasteiger partial charge in [0.1, 0.15) is 16.1 Å². The lowest BCUT2D eigenvalue weighted by Gasteiger charge is -2.41. The van der Waals surface area contributed by atoms with Crippen molar-refractivity contribution >= 4 is 38.3 Å². The minimum absolute atomic E-state index is 0.117. The third kappa shape index (κ3) is 5.25. The molecule has 194 valence electrons. The number of nitrogens with one attached hydrogen (secondary N) is 2. The van der Waals surface area contributed by atoms with Crippen molar-refractivity contribution in [1.29, 1.82) is 0 Å². The van der Waals surface area contributed by atoms with Gasteiger partial charge >= 0.3 is 0 Å². The molecule has 0 amide bonds. The molecular weight excluding hydrogens is 519 g/mol. The average Bonchev–Trinajstić information content (AvgIpc) is 3.20. The number of anilines is 1. The van der Waals surface area contributed by atoms with Crippen LogP contribution in [0.2, 0.25) is 5.02 Å². The molecule has 1 fully saturated rings. The molecule has 9 nitrogen and oxygen atoms in total. The van der Waals surface area contributed by atoms with Gasteiger partial charge in [-0.3, -0.25) is 9.82 Å². The van der Waals surface area contributed by atoms with E-state index in [0.717, 1.165) is 36.3 Å². The highest BCUT2D eigenvalue weighted by molar-refractivity contribution is 7.92. The zero-order valence-corrected chi connectivity index (χ0v) is 22.1. The first-order valence-corrected chi connectivity index (χ1v) is 13.6. The van der Waals surface area contributed by atoms with Crippen LogP contribution in [0.25, 0.3) is 22.4 Å². The Labute approximate surface area is 219 Å². The lowest BCUT2D eigenvalue weighted by atomic mass is 9.99. The number of nitrogens with zero attached hydrogens (tertiary/aromatic N) is 4. The smallest absolute Gasteiger partial charge is 0.264 e. The first kappa shape index (κ1) is 25.4. The number of sulfonamides is 1. The molecule has 3 heterocycles. The number of aromatic nitrogens is 4. The Hall–Kier alpha value is -3.28. The van der Waals surface area contributed by atoms with Gasteiger partial charge in [-0.1, -0.05) is 11.6 Å². The summed E-state index contributed by atoms with van der Waals surface area (Å²) in [6.45, 7) is 8.76. The molecule has 2 N–H and O–H groups in total. The normalized spacial score (nSPS) is 14.8. The summed E-state index contributed by atoms with van der Waals surface area (Å²) < 4.78 is 47.9. The van der Waals surface area contributed by atoms with E-state index in [1.807, 2.05) is 6.92 Å². The molecule has 0 unspecified atom stereocenters. The highest BCUT2D eigenvalue weighted by Crippen LogP contribution is 2.30. The second-order valence-electron chi connectivity index (χ2n) is 9.38. The number of aromatic amines is 1. The van der Waals surface area contributed by atoms with Crippen molar-refractivity contribution in [2.24, 2.45) is 5.92 Å². The largest absolute Gasteiger partial charge is 0.477 e. The molecule has 0 saturated carbocycles. The number of fused-ring (bicyclic) bond motifs is 1. The van der Waals surface area contributed by atoms with E-state index < -0.39 is 20.7 Å². The Kier molecular flexibility index (Phi) is 6.78. The predicted octanol–water partition coefficient (Wildman–Crippen LogP) is 4.64. The van der Waals surface area contributed by atoms with E-state index in [1.165, 1.54) is 6.07 Å². The maximum atomic E-state index is 14.1. The molecule has 0 spiro atoms. The van der Waals surface area contributed by atoms with E-state index in [1.54, 1.807) is 24.3 Å². The quantitative estimate of drug-likeness (QED) is 0.332. The van der Waals surface area contributed by atoms with Crippen molar-refractivity contribution in [3.63, 3.8) is 0 Å². The SMILES string of the molecule is Cc1[nH]nc2nc(-c3ccc(NS(=O)(=O)c4cc(Cl)ccc4F)cc3)nc(OCC3CN(C(C)C)C3)c12. The van der Waals surface area contributed by atoms with Crippen LogP contribution in [0, 0.1) is 18.7 Å². The molecule has 0 bridgehead atoms. The van der Waals surface area contributed by atoms with Gasteiger partial charge in [0, 0.05) is 47.0 Å². The van der Waals surface area contributed by atoms with Crippen LogP contribution in [-0.2, 0) is 10.0 Å². The van der Waals surface area contributed by atoms with Crippen molar-refractivity contribution in [3.8, 4) is 17.3 Å². The van der Waals surface area contributed by atoms with Crippen LogP contribution < -0.4 is 9.46 Å². The molecule has 37 heavy (non-hydrogen) atoms. The predicted molar refractivity (Wildman–Crippen MR) is 140 cm³/mol. The second kappa shape index (κ2) is 9.88. The summed E-state index contributed by atoms with van der Waals surface area (Å²) in [5.41, 5.74) is 2.18. The Balaban J connectivity index is 1.36. The maximum Gasteiger partial charge on any atom is 0.264 e. The van der Waals surface area contributed by atoms with E-state index in [4.69, 9.17) is 16.3 Å². The molecule has 5 rings (SSSR count). The Bertz CT molecular complexity index is 1550. The van der Waals surface area contributed by atoms with Crippen molar-refractivity contribution in [3.05, 3.63) is 59.0 Å². The first-order chi connectivity index (χ1) is 17.6. The molecule has 0 radical (unpaired) electrons. The summed E-state index contributed by atoms with van der Waals surface area (Å²) >= 11 is 5.85. The van der Waals surface area contributed by atoms with E-state index in [9.17, 15) is 12.8 Å². The minimum atomic E-state index is -4.18. The van der Waals surface area contributed by atoms with Crippen molar-refractivity contribution in [2.45, 2.75) is 31.7 Å². The van der Waals surface area contributed by atoms with Crippen LogP contribution in [0.3, 0.4) is 0 Å². The van der Waals surface area contributed by atoms with Gasteiger partial charge in [0.05, 0.1) is 6.61 Å². The zero-order chi connectivity index (χ0) is 26.3. The Morgan fingerprint density at radius 1 is 1.19 bits per heavy atom. The van der Waals surface area contributed by atoms with Crippen LogP contribution in [0.15, 0.2) is 47.4 Å². The fraction of sp³-hybridized carbons (Fsp3) is 0.320. The summed E-state index contributed by atoms with van der Waals surface area (Å²) in [6.07, 6.45) is 0. The number of hydrogen-bond acceptors (Lipinski definition) is 7. The summed E-state index contributed by atoms with van der Waals surface area (Å²) in [7, 11) is -4.18. The number of halogens is 2. The molecule has 2 aromatic heterocycles. The van der Waals surface area contributed by atoms with E-state index in [-0.39, 0.29) is 10.7 Å². The monoisotopic (exact) mass is 544 g/mol. The van der Waals surface area contributed by atoms with E-state index in [2.05, 4.69) is 43.6 Å². The zero-order valence-electron chi connectivity index (χ0n) is 20.5. The van der Waals surface area contributed by atoms with Gasteiger partial charge in [0.2, 0.25) is 5.88 Å². The second-order valence-corrected chi connectivity index (χ2v) is 11.5. The fourth-order valence-corrected chi connectivity index (χ4v) is 5.58. The van der Waals surface area contributed by atoms with Crippen molar-refractivity contribution in [1.82, 2.24) is 25.1 Å². The first-order valence-electron chi connectivity index (χ1n) is 11.8. The highest BCUT2D eigenvalue weighted by Gasteiger charge is 2.29. The number of likely N-dealkylation sites (tertiary alicyclic amines) is 1. The fourth-order valence-electron chi connectivity index (χ4n) is 4.18. The maximum absolute atomic E-state index is 14.1. The average molecular weight is 545 g/mol. The van der Waals surface area contributed by atoms with Crippen LogP contribution in [0.1, 0.15) is 19.5 Å². The van der Waals surface area contributed by atoms with Gasteiger partial charge in [-0.15, -0.1) is 0 Å².